The van der Waals surface area contributed by atoms with Crippen molar-refractivity contribution in [1.29, 1.82) is 0 Å². The van der Waals surface area contributed by atoms with Gasteiger partial charge in [-0.1, -0.05) is 13.0 Å². The van der Waals surface area contributed by atoms with Crippen LogP contribution in [-0.4, -0.2) is 25.9 Å². The van der Waals surface area contributed by atoms with E-state index in [9.17, 15) is 5.11 Å². The number of hydrogen-bond acceptors (Lipinski definition) is 3. The number of hydrogen-bond donors (Lipinski definition) is 1. The third-order valence-electron chi connectivity index (χ3n) is 2.83. The summed E-state index contributed by atoms with van der Waals surface area (Å²) in [6, 6.07) is 5.63. The molecule has 1 N–H and O–H groups in total. The average Bonchev–Trinajstić information content (AvgIpc) is 2.34. The van der Waals surface area contributed by atoms with Gasteiger partial charge in [-0.2, -0.15) is 0 Å². The van der Waals surface area contributed by atoms with Gasteiger partial charge in [0, 0.05) is 13.7 Å². The summed E-state index contributed by atoms with van der Waals surface area (Å²) in [5.74, 6) is 0.931. The second-order valence-electron chi connectivity index (χ2n) is 4.10. The first-order valence-corrected chi connectivity index (χ1v) is 6.40. The first-order chi connectivity index (χ1) is 8.10. The lowest BCUT2D eigenvalue weighted by Gasteiger charge is -2.19. The molecule has 3 nitrogen and oxygen atoms in total. The predicted molar refractivity (Wildman–Crippen MR) is 71.3 cm³/mol. The van der Waals surface area contributed by atoms with Crippen LogP contribution in [0.3, 0.4) is 0 Å². The quantitative estimate of drug-likeness (QED) is 0.877. The molecule has 0 aliphatic carbocycles. The Morgan fingerprint density at radius 1 is 1.35 bits per heavy atom. The Kier molecular flexibility index (Phi) is 5.95. The monoisotopic (exact) mass is 302 g/mol. The number of halogens is 1. The van der Waals surface area contributed by atoms with Crippen LogP contribution in [0, 0.1) is 5.92 Å². The summed E-state index contributed by atoms with van der Waals surface area (Å²) in [5.41, 5.74) is 0.890. The van der Waals surface area contributed by atoms with E-state index in [0.717, 1.165) is 22.2 Å². The van der Waals surface area contributed by atoms with E-state index >= 15 is 0 Å². The van der Waals surface area contributed by atoms with Crippen LogP contribution in [-0.2, 0) is 4.74 Å². The van der Waals surface area contributed by atoms with Crippen LogP contribution in [0.4, 0.5) is 0 Å². The molecule has 0 aliphatic heterocycles. The molecule has 17 heavy (non-hydrogen) atoms. The van der Waals surface area contributed by atoms with Crippen molar-refractivity contribution in [2.45, 2.75) is 19.4 Å². The first kappa shape index (κ1) is 14.5. The molecule has 0 spiro atoms. The van der Waals surface area contributed by atoms with E-state index in [0.29, 0.717) is 6.61 Å². The molecule has 0 aromatic heterocycles. The van der Waals surface area contributed by atoms with E-state index in [1.54, 1.807) is 14.2 Å². The molecule has 0 amide bonds. The summed E-state index contributed by atoms with van der Waals surface area (Å²) in [4.78, 5) is 0. The molecule has 1 aromatic rings. The third-order valence-corrected chi connectivity index (χ3v) is 3.45. The zero-order valence-corrected chi connectivity index (χ0v) is 12.0. The maximum absolute atomic E-state index is 10.2. The highest BCUT2D eigenvalue weighted by molar-refractivity contribution is 9.10. The van der Waals surface area contributed by atoms with Gasteiger partial charge in [0.15, 0.2) is 0 Å². The molecule has 0 saturated carbocycles. The van der Waals surface area contributed by atoms with Crippen LogP contribution in [0.2, 0.25) is 0 Å². The molecule has 0 heterocycles. The number of rotatable bonds is 6. The average molecular weight is 303 g/mol. The zero-order chi connectivity index (χ0) is 12.8. The second-order valence-corrected chi connectivity index (χ2v) is 4.95. The highest BCUT2D eigenvalue weighted by atomic mass is 79.9. The minimum atomic E-state index is -0.479. The van der Waals surface area contributed by atoms with E-state index in [1.165, 1.54) is 0 Å². The molecule has 2 unspecified atom stereocenters. The molecule has 0 aliphatic rings. The van der Waals surface area contributed by atoms with Crippen LogP contribution >= 0.6 is 15.9 Å². The molecule has 0 bridgehead atoms. The van der Waals surface area contributed by atoms with Gasteiger partial charge in [0.05, 0.1) is 17.7 Å². The molecule has 0 saturated heterocycles. The summed E-state index contributed by atoms with van der Waals surface area (Å²) in [5, 5.41) is 10.2. The lowest BCUT2D eigenvalue weighted by atomic mass is 9.95. The lowest BCUT2D eigenvalue weighted by molar-refractivity contribution is 0.0885. The number of methoxy groups -OCH3 is 2. The Morgan fingerprint density at radius 3 is 2.59 bits per heavy atom. The molecule has 0 radical (unpaired) electrons. The summed E-state index contributed by atoms with van der Waals surface area (Å²) in [7, 11) is 3.29. The van der Waals surface area contributed by atoms with E-state index in [2.05, 4.69) is 15.9 Å². The smallest absolute Gasteiger partial charge is 0.133 e. The molecule has 4 heteroatoms. The Hall–Kier alpha value is -0.580. The Labute approximate surface area is 111 Å². The van der Waals surface area contributed by atoms with Crippen molar-refractivity contribution in [3.05, 3.63) is 28.2 Å². The summed E-state index contributed by atoms with van der Waals surface area (Å²) >= 11 is 3.42. The van der Waals surface area contributed by atoms with Gasteiger partial charge in [0.25, 0.3) is 0 Å². The normalized spacial score (nSPS) is 14.4. The van der Waals surface area contributed by atoms with Crippen molar-refractivity contribution >= 4 is 15.9 Å². The first-order valence-electron chi connectivity index (χ1n) is 5.60. The second kappa shape index (κ2) is 6.99. The van der Waals surface area contributed by atoms with Crippen molar-refractivity contribution in [1.82, 2.24) is 0 Å². The van der Waals surface area contributed by atoms with E-state index in [1.807, 2.05) is 25.1 Å². The number of aliphatic hydroxyl groups excluding tert-OH is 1. The van der Waals surface area contributed by atoms with Crippen molar-refractivity contribution in [2.75, 3.05) is 20.8 Å². The zero-order valence-electron chi connectivity index (χ0n) is 10.4. The van der Waals surface area contributed by atoms with Crippen molar-refractivity contribution in [2.24, 2.45) is 5.92 Å². The SMILES string of the molecule is COCCC(C)C(O)c1ccc(OC)c(Br)c1. The fourth-order valence-electron chi connectivity index (χ4n) is 1.66. The van der Waals surface area contributed by atoms with Crippen LogP contribution < -0.4 is 4.74 Å². The standard InChI is InChI=1S/C13H19BrO3/c1-9(6-7-16-2)13(15)10-4-5-12(17-3)11(14)8-10/h4-5,8-9,13,15H,6-7H2,1-3H3. The Bertz CT molecular complexity index is 355. The molecule has 96 valence electrons. The van der Waals surface area contributed by atoms with E-state index < -0.39 is 6.10 Å². The van der Waals surface area contributed by atoms with Gasteiger partial charge in [0.2, 0.25) is 0 Å². The molecule has 2 atom stereocenters. The number of aliphatic hydroxyl groups is 1. The largest absolute Gasteiger partial charge is 0.496 e. The van der Waals surface area contributed by atoms with Gasteiger partial charge in [-0.15, -0.1) is 0 Å². The van der Waals surface area contributed by atoms with Crippen molar-refractivity contribution < 1.29 is 14.6 Å². The minimum Gasteiger partial charge on any atom is -0.496 e. The topological polar surface area (TPSA) is 38.7 Å². The Morgan fingerprint density at radius 2 is 2.06 bits per heavy atom. The highest BCUT2D eigenvalue weighted by Crippen LogP contribution is 2.31. The van der Waals surface area contributed by atoms with Crippen LogP contribution in [0.25, 0.3) is 0 Å². The van der Waals surface area contributed by atoms with E-state index in [4.69, 9.17) is 9.47 Å². The van der Waals surface area contributed by atoms with Gasteiger partial charge in [-0.25, -0.2) is 0 Å². The predicted octanol–water partition coefficient (Wildman–Crippen LogP) is 3.16. The number of ether oxygens (including phenoxy) is 2. The van der Waals surface area contributed by atoms with Gasteiger partial charge in [0.1, 0.15) is 5.75 Å². The number of benzene rings is 1. The lowest BCUT2D eigenvalue weighted by Crippen LogP contribution is -2.11. The van der Waals surface area contributed by atoms with Gasteiger partial charge >= 0.3 is 0 Å². The van der Waals surface area contributed by atoms with Crippen LogP contribution in [0.15, 0.2) is 22.7 Å². The molecule has 1 aromatic carbocycles. The summed E-state index contributed by atoms with van der Waals surface area (Å²) in [6.45, 7) is 2.68. The minimum absolute atomic E-state index is 0.162. The summed E-state index contributed by atoms with van der Waals surface area (Å²) < 4.78 is 11.0. The van der Waals surface area contributed by atoms with Crippen LogP contribution in [0.5, 0.6) is 5.75 Å². The Balaban J connectivity index is 2.74. The third kappa shape index (κ3) is 3.98. The molecule has 1 rings (SSSR count). The maximum atomic E-state index is 10.2. The maximum Gasteiger partial charge on any atom is 0.133 e. The van der Waals surface area contributed by atoms with Gasteiger partial charge < -0.3 is 14.6 Å². The van der Waals surface area contributed by atoms with Crippen molar-refractivity contribution in [3.63, 3.8) is 0 Å². The highest BCUT2D eigenvalue weighted by Gasteiger charge is 2.17. The molecule has 0 fully saturated rings. The van der Waals surface area contributed by atoms with Gasteiger partial charge in [-0.3, -0.25) is 0 Å². The van der Waals surface area contributed by atoms with Crippen LogP contribution in [0.1, 0.15) is 25.0 Å². The van der Waals surface area contributed by atoms with Gasteiger partial charge in [-0.05, 0) is 46.0 Å². The van der Waals surface area contributed by atoms with Crippen molar-refractivity contribution in [3.8, 4) is 5.75 Å². The summed E-state index contributed by atoms with van der Waals surface area (Å²) in [6.07, 6.45) is 0.355. The molecular formula is C13H19BrO3. The fraction of sp³-hybridized carbons (Fsp3) is 0.538. The fourth-order valence-corrected chi connectivity index (χ4v) is 2.22. The van der Waals surface area contributed by atoms with E-state index in [-0.39, 0.29) is 5.92 Å². The molecular weight excluding hydrogens is 284 g/mol.